The monoisotopic (exact) mass is 453 g/mol. The number of fused-ring (bicyclic) bond motifs is 1. The van der Waals surface area contributed by atoms with E-state index in [0.717, 1.165) is 34.2 Å². The highest BCUT2D eigenvalue weighted by Gasteiger charge is 2.50. The zero-order valence-corrected chi connectivity index (χ0v) is 17.0. The van der Waals surface area contributed by atoms with Crippen molar-refractivity contribution in [1.29, 1.82) is 0 Å². The van der Waals surface area contributed by atoms with E-state index >= 15 is 0 Å². The maximum atomic E-state index is 13.2. The smallest absolute Gasteiger partial charge is 0.416 e. The molecule has 0 spiro atoms. The second-order valence-corrected chi connectivity index (χ2v) is 8.38. The molecule has 2 saturated heterocycles. The molecule has 2 aromatic rings. The quantitative estimate of drug-likeness (QED) is 0.520. The number of halogens is 4. The van der Waals surface area contributed by atoms with Crippen LogP contribution in [0.5, 0.6) is 0 Å². The van der Waals surface area contributed by atoms with Gasteiger partial charge in [0.25, 0.3) is 0 Å². The number of ether oxygens (including phenoxy) is 1. The van der Waals surface area contributed by atoms with Crippen molar-refractivity contribution in [2.24, 2.45) is 0 Å². The number of rotatable bonds is 2. The lowest BCUT2D eigenvalue weighted by atomic mass is 9.97. The number of alkyl halides is 3. The molecule has 2 aromatic carbocycles. The molecule has 0 aromatic heterocycles. The van der Waals surface area contributed by atoms with Crippen LogP contribution in [0.25, 0.3) is 0 Å². The Morgan fingerprint density at radius 3 is 2.54 bits per heavy atom. The molecule has 1 amide bonds. The van der Waals surface area contributed by atoms with Gasteiger partial charge in [-0.1, -0.05) is 45.3 Å². The van der Waals surface area contributed by atoms with Gasteiger partial charge in [-0.15, -0.1) is 0 Å². The van der Waals surface area contributed by atoms with Crippen LogP contribution >= 0.6 is 15.9 Å². The second kappa shape index (κ2) is 6.79. The van der Waals surface area contributed by atoms with Gasteiger partial charge >= 0.3 is 12.3 Å². The van der Waals surface area contributed by atoms with E-state index in [1.165, 1.54) is 0 Å². The van der Waals surface area contributed by atoms with Crippen molar-refractivity contribution in [2.45, 2.75) is 51.1 Å². The lowest BCUT2D eigenvalue weighted by Gasteiger charge is -2.24. The van der Waals surface area contributed by atoms with Crippen LogP contribution in [0.4, 0.5) is 18.0 Å². The third kappa shape index (κ3) is 3.30. The molecule has 4 rings (SSSR count). The molecule has 148 valence electrons. The fourth-order valence-electron chi connectivity index (χ4n) is 4.30. The number of aryl methyl sites for hydroxylation is 2. The van der Waals surface area contributed by atoms with Crippen molar-refractivity contribution in [2.75, 3.05) is 0 Å². The normalized spacial score (nSPS) is 24.4. The van der Waals surface area contributed by atoms with Crippen molar-refractivity contribution in [3.05, 3.63) is 68.7 Å². The highest BCUT2D eigenvalue weighted by molar-refractivity contribution is 9.10. The molecule has 0 radical (unpaired) electrons. The van der Waals surface area contributed by atoms with Crippen LogP contribution in [0.3, 0.4) is 0 Å². The number of amides is 1. The minimum Gasteiger partial charge on any atom is -0.439 e. The number of hydrogen-bond acceptors (Lipinski definition) is 2. The van der Waals surface area contributed by atoms with Gasteiger partial charge in [0.2, 0.25) is 0 Å². The van der Waals surface area contributed by atoms with Gasteiger partial charge in [0.1, 0.15) is 6.10 Å². The first-order valence-corrected chi connectivity index (χ1v) is 9.88. The van der Waals surface area contributed by atoms with E-state index in [-0.39, 0.29) is 12.1 Å². The van der Waals surface area contributed by atoms with Crippen molar-refractivity contribution in [3.63, 3.8) is 0 Å². The number of hydrogen-bond donors (Lipinski definition) is 0. The Kier molecular flexibility index (Phi) is 4.68. The summed E-state index contributed by atoms with van der Waals surface area (Å²) < 4.78 is 46.1. The lowest BCUT2D eigenvalue weighted by Crippen LogP contribution is -2.30. The van der Waals surface area contributed by atoms with E-state index in [9.17, 15) is 18.0 Å². The molecular formula is C21H19BrF3NO2. The Morgan fingerprint density at radius 1 is 1.07 bits per heavy atom. The molecule has 28 heavy (non-hydrogen) atoms. The fraction of sp³-hybridized carbons (Fsp3) is 0.381. The van der Waals surface area contributed by atoms with Gasteiger partial charge in [0.15, 0.2) is 0 Å². The molecule has 0 N–H and O–H groups in total. The molecular weight excluding hydrogens is 435 g/mol. The average molecular weight is 454 g/mol. The zero-order valence-electron chi connectivity index (χ0n) is 15.4. The molecule has 2 heterocycles. The van der Waals surface area contributed by atoms with Gasteiger partial charge in [-0.05, 0) is 56.0 Å². The predicted octanol–water partition coefficient (Wildman–Crippen LogP) is 6.48. The fourth-order valence-corrected chi connectivity index (χ4v) is 4.81. The molecule has 0 unspecified atom stereocenters. The lowest BCUT2D eigenvalue weighted by molar-refractivity contribution is -0.137. The largest absolute Gasteiger partial charge is 0.439 e. The van der Waals surface area contributed by atoms with Gasteiger partial charge in [-0.25, -0.2) is 4.79 Å². The topological polar surface area (TPSA) is 29.5 Å². The van der Waals surface area contributed by atoms with Gasteiger partial charge in [-0.2, -0.15) is 13.2 Å². The van der Waals surface area contributed by atoms with Crippen LogP contribution in [0.2, 0.25) is 0 Å². The summed E-state index contributed by atoms with van der Waals surface area (Å²) in [6.07, 6.45) is -4.18. The first kappa shape index (κ1) is 19.3. The minimum atomic E-state index is -4.44. The molecule has 0 aliphatic carbocycles. The summed E-state index contributed by atoms with van der Waals surface area (Å²) in [5, 5.41) is 0. The first-order valence-electron chi connectivity index (χ1n) is 9.09. The van der Waals surface area contributed by atoms with Crippen molar-refractivity contribution >= 4 is 22.0 Å². The SMILES string of the molecule is Cc1cc([C@H]2OC(=O)N3[C@H](c4cc(C)ccc4Br)CC[C@@H]23)cc(C(F)(F)F)c1. The standard InChI is InChI=1S/C21H19BrF3NO2/c1-11-3-4-16(22)15(9-11)17-5-6-18-19(28-20(27)26(17)18)13-7-12(2)8-14(10-13)21(23,24)25/h3-4,7-10,17-19H,5-6H2,1-2H3/t17-,18-,19+/m0/s1. The minimum absolute atomic E-state index is 0.149. The molecule has 3 atom stereocenters. The van der Waals surface area contributed by atoms with Gasteiger partial charge in [0.05, 0.1) is 17.6 Å². The van der Waals surface area contributed by atoms with Crippen LogP contribution in [0.1, 0.15) is 52.8 Å². The van der Waals surface area contributed by atoms with E-state index in [1.54, 1.807) is 17.9 Å². The number of carbonyl (C=O) groups is 1. The van der Waals surface area contributed by atoms with Crippen molar-refractivity contribution < 1.29 is 22.7 Å². The Labute approximate surface area is 169 Å². The number of carbonyl (C=O) groups excluding carboxylic acids is 1. The van der Waals surface area contributed by atoms with Crippen molar-refractivity contribution in [1.82, 2.24) is 4.90 Å². The number of benzene rings is 2. The van der Waals surface area contributed by atoms with Crippen LogP contribution in [0, 0.1) is 13.8 Å². The highest BCUT2D eigenvalue weighted by atomic mass is 79.9. The van der Waals surface area contributed by atoms with Crippen molar-refractivity contribution in [3.8, 4) is 0 Å². The Hall–Kier alpha value is -2.02. The molecule has 2 fully saturated rings. The van der Waals surface area contributed by atoms with Crippen LogP contribution < -0.4 is 0 Å². The summed E-state index contributed by atoms with van der Waals surface area (Å²) in [6, 6.07) is 9.43. The van der Waals surface area contributed by atoms with Crippen LogP contribution in [0.15, 0.2) is 40.9 Å². The Balaban J connectivity index is 1.69. The first-order chi connectivity index (χ1) is 13.1. The van der Waals surface area contributed by atoms with Crippen LogP contribution in [-0.4, -0.2) is 17.0 Å². The third-order valence-electron chi connectivity index (χ3n) is 5.48. The van der Waals surface area contributed by atoms with Gasteiger partial charge < -0.3 is 4.74 Å². The van der Waals surface area contributed by atoms with E-state index in [1.807, 2.05) is 25.1 Å². The molecule has 0 saturated carbocycles. The van der Waals surface area contributed by atoms with Gasteiger partial charge in [0, 0.05) is 4.47 Å². The highest BCUT2D eigenvalue weighted by Crippen LogP contribution is 2.49. The summed E-state index contributed by atoms with van der Waals surface area (Å²) in [5.74, 6) is 0. The van der Waals surface area contributed by atoms with E-state index in [0.29, 0.717) is 17.5 Å². The summed E-state index contributed by atoms with van der Waals surface area (Å²) >= 11 is 3.55. The predicted molar refractivity (Wildman–Crippen MR) is 102 cm³/mol. The second-order valence-electron chi connectivity index (χ2n) is 7.53. The summed E-state index contributed by atoms with van der Waals surface area (Å²) in [7, 11) is 0. The average Bonchev–Trinajstić information content (AvgIpc) is 3.17. The molecule has 2 aliphatic rings. The molecule has 2 aliphatic heterocycles. The summed E-state index contributed by atoms with van der Waals surface area (Å²) in [5.41, 5.74) is 2.26. The molecule has 3 nitrogen and oxygen atoms in total. The number of cyclic esters (lactones) is 1. The van der Waals surface area contributed by atoms with E-state index < -0.39 is 23.9 Å². The Morgan fingerprint density at radius 2 is 1.82 bits per heavy atom. The molecule has 7 heteroatoms. The zero-order chi connectivity index (χ0) is 20.2. The molecule has 0 bridgehead atoms. The van der Waals surface area contributed by atoms with E-state index in [4.69, 9.17) is 4.74 Å². The summed E-state index contributed by atoms with van der Waals surface area (Å²) in [4.78, 5) is 14.3. The maximum absolute atomic E-state index is 13.2. The number of nitrogens with zero attached hydrogens (tertiary/aromatic N) is 1. The van der Waals surface area contributed by atoms with Gasteiger partial charge in [-0.3, -0.25) is 4.90 Å². The summed E-state index contributed by atoms with van der Waals surface area (Å²) in [6.45, 7) is 3.60. The third-order valence-corrected chi connectivity index (χ3v) is 6.21. The maximum Gasteiger partial charge on any atom is 0.416 e. The Bertz CT molecular complexity index is 944. The van der Waals surface area contributed by atoms with E-state index in [2.05, 4.69) is 15.9 Å². The van der Waals surface area contributed by atoms with Crippen LogP contribution in [-0.2, 0) is 10.9 Å².